The fourth-order valence-corrected chi connectivity index (χ4v) is 9.27. The highest BCUT2D eigenvalue weighted by Gasteiger charge is 2.53. The van der Waals surface area contributed by atoms with Crippen LogP contribution < -0.4 is 0 Å². The Balaban J connectivity index is 1.89. The number of hydrogen-bond donors (Lipinski definition) is 0. The fraction of sp³-hybridized carbons (Fsp3) is 1.00. The van der Waals surface area contributed by atoms with Gasteiger partial charge in [0.25, 0.3) is 7.59 Å². The lowest BCUT2D eigenvalue weighted by Gasteiger charge is -2.47. The smallest absolute Gasteiger partial charge is 0.287 e. The van der Waals surface area contributed by atoms with Crippen LogP contribution in [0, 0.1) is 0 Å². The van der Waals surface area contributed by atoms with E-state index in [0.29, 0.717) is 19.8 Å². The third-order valence-corrected chi connectivity index (χ3v) is 10.5. The lowest BCUT2D eigenvalue weighted by molar-refractivity contribution is 0.0338. The molecule has 188 valence electrons. The summed E-state index contributed by atoms with van der Waals surface area (Å²) in [5.41, 5.74) is 0. The summed E-state index contributed by atoms with van der Waals surface area (Å²) >= 11 is 0. The summed E-state index contributed by atoms with van der Waals surface area (Å²) in [7, 11) is -2.95. The van der Waals surface area contributed by atoms with Crippen molar-refractivity contribution >= 4 is 7.59 Å². The molecular formula is C24H48N3O4P. The number of ether oxygens (including phenoxy) is 3. The zero-order valence-corrected chi connectivity index (χ0v) is 22.3. The molecule has 3 fully saturated rings. The van der Waals surface area contributed by atoms with Crippen molar-refractivity contribution in [2.45, 2.75) is 117 Å². The first-order chi connectivity index (χ1) is 15.2. The van der Waals surface area contributed by atoms with Gasteiger partial charge in [-0.25, -0.2) is 14.0 Å². The maximum absolute atomic E-state index is 15.4. The van der Waals surface area contributed by atoms with Gasteiger partial charge in [0.1, 0.15) is 0 Å². The third-order valence-electron chi connectivity index (χ3n) is 6.91. The van der Waals surface area contributed by atoms with Crippen LogP contribution >= 0.6 is 7.59 Å². The molecule has 0 aromatic heterocycles. The van der Waals surface area contributed by atoms with E-state index < -0.39 is 7.59 Å². The van der Waals surface area contributed by atoms with E-state index in [9.17, 15) is 0 Å². The average Bonchev–Trinajstić information content (AvgIpc) is 3.49. The molecule has 0 amide bonds. The van der Waals surface area contributed by atoms with Crippen LogP contribution in [0.1, 0.15) is 80.1 Å². The maximum Gasteiger partial charge on any atom is 0.287 e. The Morgan fingerprint density at radius 3 is 1.16 bits per heavy atom. The van der Waals surface area contributed by atoms with E-state index in [1.165, 1.54) is 0 Å². The number of nitrogens with zero attached hydrogens (tertiary/aromatic N) is 3. The molecule has 0 radical (unpaired) electrons. The molecule has 0 unspecified atom stereocenters. The van der Waals surface area contributed by atoms with E-state index in [4.69, 9.17) is 14.2 Å². The molecule has 3 aliphatic rings. The summed E-state index contributed by atoms with van der Waals surface area (Å²) in [6, 6.07) is 0.633. The predicted octanol–water partition coefficient (Wildman–Crippen LogP) is 4.76. The monoisotopic (exact) mass is 473 g/mol. The standard InChI is InChI=1S/C24H48N3O4P/c1-19(2)29-16-22-10-7-13-25(22)32(28,26-14-8-11-23(26)17-30-20(3)4)27-15-9-12-24(27)18-31-21(5)6/h19-24H,7-18H2,1-6H3/t22-,23-,24-/m0/s1. The second-order valence-electron chi connectivity index (χ2n) is 10.5. The lowest BCUT2D eigenvalue weighted by atomic mass is 10.2. The maximum atomic E-state index is 15.4. The molecule has 7 nitrogen and oxygen atoms in total. The van der Waals surface area contributed by atoms with Crippen molar-refractivity contribution in [3.05, 3.63) is 0 Å². The van der Waals surface area contributed by atoms with Crippen molar-refractivity contribution in [3.8, 4) is 0 Å². The zero-order chi connectivity index (χ0) is 23.3. The Morgan fingerprint density at radius 1 is 0.625 bits per heavy atom. The average molecular weight is 474 g/mol. The second-order valence-corrected chi connectivity index (χ2v) is 13.1. The van der Waals surface area contributed by atoms with Crippen LogP contribution in [0.25, 0.3) is 0 Å². The molecule has 3 heterocycles. The van der Waals surface area contributed by atoms with Crippen LogP contribution in [0.15, 0.2) is 0 Å². The molecule has 0 saturated carbocycles. The number of rotatable bonds is 12. The van der Waals surface area contributed by atoms with Crippen molar-refractivity contribution < 1.29 is 18.8 Å². The van der Waals surface area contributed by atoms with Crippen molar-refractivity contribution in [2.75, 3.05) is 39.5 Å². The van der Waals surface area contributed by atoms with Gasteiger partial charge in [-0.3, -0.25) is 4.57 Å². The highest BCUT2D eigenvalue weighted by molar-refractivity contribution is 7.56. The van der Waals surface area contributed by atoms with Gasteiger partial charge in [-0.15, -0.1) is 0 Å². The minimum absolute atomic E-state index is 0.190. The molecule has 0 N–H and O–H groups in total. The summed E-state index contributed by atoms with van der Waals surface area (Å²) in [5.74, 6) is 0. The van der Waals surface area contributed by atoms with Gasteiger partial charge in [-0.1, -0.05) is 0 Å². The van der Waals surface area contributed by atoms with Crippen molar-refractivity contribution in [1.29, 1.82) is 0 Å². The molecule has 32 heavy (non-hydrogen) atoms. The highest BCUT2D eigenvalue weighted by atomic mass is 31.2. The molecule has 8 heteroatoms. The summed E-state index contributed by atoms with van der Waals surface area (Å²) in [6.07, 6.45) is 6.98. The largest absolute Gasteiger partial charge is 0.377 e. The van der Waals surface area contributed by atoms with Crippen LogP contribution in [-0.2, 0) is 18.8 Å². The Labute approximate surface area is 196 Å². The van der Waals surface area contributed by atoms with Crippen LogP contribution in [0.5, 0.6) is 0 Å². The fourth-order valence-electron chi connectivity index (χ4n) is 5.35. The number of hydrogen-bond acceptors (Lipinski definition) is 4. The van der Waals surface area contributed by atoms with Gasteiger partial charge in [0.2, 0.25) is 0 Å². The minimum Gasteiger partial charge on any atom is -0.377 e. The van der Waals surface area contributed by atoms with Gasteiger partial charge >= 0.3 is 0 Å². The molecule has 0 aliphatic carbocycles. The van der Waals surface area contributed by atoms with Crippen LogP contribution in [0.2, 0.25) is 0 Å². The Hall–Kier alpha value is -0.0100. The minimum atomic E-state index is -2.95. The topological polar surface area (TPSA) is 54.5 Å². The summed E-state index contributed by atoms with van der Waals surface area (Å²) < 4.78 is 40.5. The van der Waals surface area contributed by atoms with E-state index >= 15 is 4.57 Å². The van der Waals surface area contributed by atoms with E-state index in [1.807, 2.05) is 0 Å². The van der Waals surface area contributed by atoms with E-state index in [1.54, 1.807) is 0 Å². The summed E-state index contributed by atoms with van der Waals surface area (Å²) in [4.78, 5) is 0. The Bertz CT molecular complexity index is 537. The van der Waals surface area contributed by atoms with Crippen LogP contribution in [0.4, 0.5) is 0 Å². The third kappa shape index (κ3) is 6.35. The lowest BCUT2D eigenvalue weighted by Crippen LogP contribution is -2.48. The molecule has 0 bridgehead atoms. The van der Waals surface area contributed by atoms with Gasteiger partial charge in [-0.2, -0.15) is 0 Å². The van der Waals surface area contributed by atoms with Crippen LogP contribution in [-0.4, -0.2) is 89.9 Å². The van der Waals surface area contributed by atoms with Crippen molar-refractivity contribution in [1.82, 2.24) is 14.0 Å². The molecule has 3 atom stereocenters. The second kappa shape index (κ2) is 12.1. The quantitative estimate of drug-likeness (QED) is 0.379. The van der Waals surface area contributed by atoms with E-state index in [2.05, 4.69) is 55.6 Å². The van der Waals surface area contributed by atoms with Gasteiger partial charge in [-0.05, 0) is 80.1 Å². The first kappa shape index (κ1) is 26.6. The SMILES string of the molecule is CC(C)OC[C@@H]1CCCN1P(=O)(N1CCC[C@H]1COC(C)C)N1CCC[C@H]1COC(C)C. The Morgan fingerprint density at radius 2 is 0.906 bits per heavy atom. The van der Waals surface area contributed by atoms with Crippen molar-refractivity contribution in [2.24, 2.45) is 0 Å². The molecule has 0 aromatic carbocycles. The molecule has 3 saturated heterocycles. The zero-order valence-electron chi connectivity index (χ0n) is 21.4. The van der Waals surface area contributed by atoms with E-state index in [0.717, 1.165) is 58.2 Å². The van der Waals surface area contributed by atoms with Gasteiger partial charge in [0, 0.05) is 37.8 Å². The normalized spacial score (nSPS) is 28.8. The van der Waals surface area contributed by atoms with Gasteiger partial charge < -0.3 is 14.2 Å². The first-order valence-electron chi connectivity index (χ1n) is 13.0. The summed E-state index contributed by atoms with van der Waals surface area (Å²) in [5, 5.41) is 0. The van der Waals surface area contributed by atoms with Crippen molar-refractivity contribution in [3.63, 3.8) is 0 Å². The molecule has 0 aromatic rings. The van der Waals surface area contributed by atoms with Crippen LogP contribution in [0.3, 0.4) is 0 Å². The molecule has 3 rings (SSSR count). The molecular weight excluding hydrogens is 425 g/mol. The molecule has 3 aliphatic heterocycles. The first-order valence-corrected chi connectivity index (χ1v) is 14.6. The molecule has 0 spiro atoms. The Kier molecular flexibility index (Phi) is 10.1. The van der Waals surface area contributed by atoms with Gasteiger partial charge in [0.15, 0.2) is 0 Å². The van der Waals surface area contributed by atoms with Gasteiger partial charge in [0.05, 0.1) is 38.1 Å². The summed E-state index contributed by atoms with van der Waals surface area (Å²) in [6.45, 7) is 17.1. The highest BCUT2D eigenvalue weighted by Crippen LogP contribution is 2.63. The predicted molar refractivity (Wildman–Crippen MR) is 130 cm³/mol. The van der Waals surface area contributed by atoms with E-state index in [-0.39, 0.29) is 36.4 Å².